The molecule has 0 aliphatic carbocycles. The molecule has 1 unspecified atom stereocenters. The second kappa shape index (κ2) is 16.7. The number of hydrazone groups is 1. The lowest BCUT2D eigenvalue weighted by Crippen LogP contribution is -2.48. The van der Waals surface area contributed by atoms with E-state index in [0.29, 0.717) is 39.1 Å². The second-order valence-electron chi connectivity index (χ2n) is 11.1. The van der Waals surface area contributed by atoms with Crippen LogP contribution in [0.3, 0.4) is 0 Å². The number of likely N-dealkylation sites (N-methyl/N-ethyl adjacent to an activating group) is 1. The number of nitrogens with zero attached hydrogens (tertiary/aromatic N) is 3. The van der Waals surface area contributed by atoms with E-state index in [0.717, 1.165) is 35.5 Å². The number of amides is 3. The molecule has 3 rings (SSSR count). The van der Waals surface area contributed by atoms with Crippen LogP contribution in [0.2, 0.25) is 0 Å². The number of thioether (sulfide) groups is 1. The van der Waals surface area contributed by atoms with Crippen LogP contribution in [0.4, 0.5) is 18.4 Å². The van der Waals surface area contributed by atoms with Gasteiger partial charge in [0.2, 0.25) is 0 Å². The Kier molecular flexibility index (Phi) is 13.4. The Balaban J connectivity index is 1.83. The molecule has 0 fully saturated rings. The summed E-state index contributed by atoms with van der Waals surface area (Å²) in [7, 11) is 1.62. The molecule has 10 nitrogen and oxygen atoms in total. The van der Waals surface area contributed by atoms with Crippen LogP contribution in [0.5, 0.6) is 0 Å². The summed E-state index contributed by atoms with van der Waals surface area (Å²) in [6, 6.07) is 11.9. The van der Waals surface area contributed by atoms with Gasteiger partial charge in [-0.25, -0.2) is 18.4 Å². The minimum absolute atomic E-state index is 0.0512. The Morgan fingerprint density at radius 3 is 2.43 bits per heavy atom. The average molecular weight is 637 g/mol. The molecular formula is C31H42F2N4O6S. The Labute approximate surface area is 261 Å². The van der Waals surface area contributed by atoms with Crippen molar-refractivity contribution in [3.05, 3.63) is 71.3 Å². The highest BCUT2D eigenvalue weighted by atomic mass is 32.2. The maximum absolute atomic E-state index is 15.0. The summed E-state index contributed by atoms with van der Waals surface area (Å²) in [5.74, 6) is -1.29. The first-order valence-corrected chi connectivity index (χ1v) is 15.4. The van der Waals surface area contributed by atoms with Gasteiger partial charge in [-0.2, -0.15) is 10.1 Å². The van der Waals surface area contributed by atoms with Crippen molar-refractivity contribution in [1.29, 1.82) is 0 Å². The molecule has 2 N–H and O–H groups in total. The maximum Gasteiger partial charge on any atom is 0.407 e. The minimum Gasteiger partial charge on any atom is -0.444 e. The van der Waals surface area contributed by atoms with E-state index >= 15 is 0 Å². The van der Waals surface area contributed by atoms with Crippen LogP contribution in [-0.2, 0) is 19.1 Å². The number of carbonyl (C=O) groups excluding carboxylic acids is 2. The highest BCUT2D eigenvalue weighted by Crippen LogP contribution is 2.51. The molecule has 1 aliphatic rings. The Hall–Kier alpha value is -3.26. The van der Waals surface area contributed by atoms with Gasteiger partial charge in [0, 0.05) is 38.9 Å². The van der Waals surface area contributed by atoms with Crippen LogP contribution in [0.25, 0.3) is 0 Å². The zero-order chi connectivity index (χ0) is 32.2. The van der Waals surface area contributed by atoms with Crippen LogP contribution >= 0.6 is 11.8 Å². The van der Waals surface area contributed by atoms with Gasteiger partial charge in [0.1, 0.15) is 27.2 Å². The van der Waals surface area contributed by atoms with E-state index in [9.17, 15) is 18.4 Å². The lowest BCUT2D eigenvalue weighted by Gasteiger charge is -2.37. The van der Waals surface area contributed by atoms with E-state index in [1.807, 2.05) is 30.3 Å². The topological polar surface area (TPSA) is 113 Å². The molecule has 0 aromatic heterocycles. The standard InChI is InChI=1S/C31H42F2N4O6S/c1-30(2,3)43-28(39)34-15-8-14-31(23-10-6-5-7-11-23)37(35-27(44-31)25-22-24(32)12-13-26(25)33)29(40)36(4)16-19-42-21-20-41-18-9-17-38/h5-7,10-13,22,38H,8-9,14-21H2,1-4H3,(H,34,39). The number of hydrogen-bond donors (Lipinski definition) is 2. The normalized spacial score (nSPS) is 16.5. The van der Waals surface area contributed by atoms with E-state index in [1.54, 1.807) is 27.8 Å². The van der Waals surface area contributed by atoms with Crippen LogP contribution in [-0.4, -0.2) is 91.0 Å². The minimum atomic E-state index is -1.13. The summed E-state index contributed by atoms with van der Waals surface area (Å²) in [5, 5.41) is 17.6. The van der Waals surface area contributed by atoms with E-state index in [1.165, 1.54) is 9.91 Å². The largest absolute Gasteiger partial charge is 0.444 e. The number of benzene rings is 2. The molecule has 1 aliphatic heterocycles. The SMILES string of the molecule is CN(CCOCCOCCCO)C(=O)N1N=C(c2cc(F)ccc2F)SC1(CCCNC(=O)OC(C)(C)C)c1ccccc1. The lowest BCUT2D eigenvalue weighted by atomic mass is 10.0. The number of carbonyl (C=O) groups is 2. The molecule has 2 aromatic carbocycles. The van der Waals surface area contributed by atoms with Gasteiger partial charge in [0.05, 0.1) is 19.8 Å². The van der Waals surface area contributed by atoms with Crippen molar-refractivity contribution >= 4 is 28.9 Å². The molecule has 0 bridgehead atoms. The van der Waals surface area contributed by atoms with Gasteiger partial charge in [-0.15, -0.1) is 0 Å². The molecule has 0 saturated heterocycles. The highest BCUT2D eigenvalue weighted by Gasteiger charge is 2.49. The molecule has 3 amide bonds. The van der Waals surface area contributed by atoms with Crippen LogP contribution in [0.1, 0.15) is 51.2 Å². The number of aliphatic hydroxyl groups excluding tert-OH is 1. The fourth-order valence-corrected chi connectivity index (χ4v) is 5.74. The van der Waals surface area contributed by atoms with Crippen LogP contribution < -0.4 is 5.32 Å². The van der Waals surface area contributed by atoms with Gasteiger partial charge in [-0.1, -0.05) is 42.1 Å². The summed E-state index contributed by atoms with van der Waals surface area (Å²) in [6.45, 7) is 7.22. The monoisotopic (exact) mass is 636 g/mol. The Bertz CT molecular complexity index is 1260. The number of rotatable bonds is 15. The molecule has 1 atom stereocenters. The number of urea groups is 1. The van der Waals surface area contributed by atoms with Crippen molar-refractivity contribution in [3.8, 4) is 0 Å². The van der Waals surface area contributed by atoms with Crippen molar-refractivity contribution in [1.82, 2.24) is 15.2 Å². The number of ether oxygens (including phenoxy) is 3. The van der Waals surface area contributed by atoms with Gasteiger partial charge in [0.15, 0.2) is 0 Å². The summed E-state index contributed by atoms with van der Waals surface area (Å²) in [6.07, 6.45) is 0.730. The quantitative estimate of drug-likeness (QED) is 0.255. The fourth-order valence-electron chi connectivity index (χ4n) is 4.32. The van der Waals surface area contributed by atoms with E-state index in [4.69, 9.17) is 19.3 Å². The molecular weight excluding hydrogens is 594 g/mol. The lowest BCUT2D eigenvalue weighted by molar-refractivity contribution is 0.0364. The zero-order valence-corrected chi connectivity index (χ0v) is 26.5. The molecule has 0 saturated carbocycles. The molecule has 44 heavy (non-hydrogen) atoms. The highest BCUT2D eigenvalue weighted by molar-refractivity contribution is 8.15. The number of nitrogens with one attached hydrogen (secondary N) is 1. The molecule has 13 heteroatoms. The number of alkyl carbamates (subject to hydrolysis) is 1. The number of aliphatic hydroxyl groups is 1. The van der Waals surface area contributed by atoms with Crippen LogP contribution in [0.15, 0.2) is 53.6 Å². The summed E-state index contributed by atoms with van der Waals surface area (Å²) < 4.78 is 45.5. The van der Waals surface area contributed by atoms with Gasteiger partial charge in [-0.05, 0) is 63.8 Å². The van der Waals surface area contributed by atoms with Crippen LogP contribution in [0, 0.1) is 11.6 Å². The van der Waals surface area contributed by atoms with Gasteiger partial charge < -0.3 is 29.5 Å². The number of hydrogen-bond acceptors (Lipinski definition) is 8. The predicted molar refractivity (Wildman–Crippen MR) is 165 cm³/mol. The second-order valence-corrected chi connectivity index (χ2v) is 12.4. The summed E-state index contributed by atoms with van der Waals surface area (Å²) >= 11 is 1.16. The van der Waals surface area contributed by atoms with E-state index in [-0.39, 0.29) is 36.9 Å². The summed E-state index contributed by atoms with van der Waals surface area (Å²) in [5.41, 5.74) is 0.0271. The van der Waals surface area contributed by atoms with Crippen molar-refractivity contribution in [2.75, 3.05) is 53.2 Å². The first-order chi connectivity index (χ1) is 21.0. The number of halogens is 2. The molecule has 1 heterocycles. The fraction of sp³-hybridized carbons (Fsp3) is 0.516. The maximum atomic E-state index is 15.0. The third kappa shape index (κ3) is 10.1. The molecule has 2 aromatic rings. The molecule has 0 radical (unpaired) electrons. The average Bonchev–Trinajstić information content (AvgIpc) is 3.37. The molecule has 242 valence electrons. The summed E-state index contributed by atoms with van der Waals surface area (Å²) in [4.78, 5) is 26.5. The van der Waals surface area contributed by atoms with E-state index in [2.05, 4.69) is 10.4 Å². The van der Waals surface area contributed by atoms with Crippen molar-refractivity contribution in [3.63, 3.8) is 0 Å². The first kappa shape index (κ1) is 35.2. The smallest absolute Gasteiger partial charge is 0.407 e. The third-order valence-electron chi connectivity index (χ3n) is 6.44. The predicted octanol–water partition coefficient (Wildman–Crippen LogP) is 5.30. The first-order valence-electron chi connectivity index (χ1n) is 14.5. The van der Waals surface area contributed by atoms with E-state index < -0.39 is 34.2 Å². The van der Waals surface area contributed by atoms with Gasteiger partial charge >= 0.3 is 12.1 Å². The van der Waals surface area contributed by atoms with Crippen molar-refractivity contribution < 1.29 is 37.7 Å². The zero-order valence-electron chi connectivity index (χ0n) is 25.7. The van der Waals surface area contributed by atoms with Crippen molar-refractivity contribution in [2.45, 2.75) is 50.5 Å². The van der Waals surface area contributed by atoms with Gasteiger partial charge in [0.25, 0.3) is 0 Å². The van der Waals surface area contributed by atoms with Crippen molar-refractivity contribution in [2.24, 2.45) is 5.10 Å². The Morgan fingerprint density at radius 1 is 1.05 bits per heavy atom. The van der Waals surface area contributed by atoms with Gasteiger partial charge in [-0.3, -0.25) is 0 Å². The third-order valence-corrected chi connectivity index (χ3v) is 7.89. The Morgan fingerprint density at radius 2 is 1.75 bits per heavy atom. The molecule has 0 spiro atoms.